The minimum Gasteiger partial charge on any atom is -0.466 e. The van der Waals surface area contributed by atoms with Crippen LogP contribution in [-0.2, 0) is 22.2 Å². The number of rotatable bonds is 9. The van der Waals surface area contributed by atoms with Crippen molar-refractivity contribution in [2.45, 2.75) is 63.6 Å². The molecule has 0 bridgehead atoms. The van der Waals surface area contributed by atoms with Crippen molar-refractivity contribution in [1.29, 1.82) is 0 Å². The van der Waals surface area contributed by atoms with E-state index >= 15 is 0 Å². The Morgan fingerprint density at radius 2 is 1.88 bits per heavy atom. The van der Waals surface area contributed by atoms with E-state index in [0.29, 0.717) is 24.8 Å². The Bertz CT molecular complexity index is 1030. The van der Waals surface area contributed by atoms with Gasteiger partial charge in [-0.15, -0.1) is 24.0 Å². The van der Waals surface area contributed by atoms with Gasteiger partial charge in [-0.1, -0.05) is 12.1 Å². The first-order valence-electron chi connectivity index (χ1n) is 10.5. The molecular weight excluding hydrogens is 543 g/mol. The summed E-state index contributed by atoms with van der Waals surface area (Å²) in [6, 6.07) is 8.66. The minimum absolute atomic E-state index is 0. The van der Waals surface area contributed by atoms with Gasteiger partial charge in [0, 0.05) is 18.2 Å². The molecule has 1 aromatic heterocycles. The fraction of sp³-hybridized carbons (Fsp3) is 0.500. The summed E-state index contributed by atoms with van der Waals surface area (Å²) in [5.74, 6) is 2.01. The first-order chi connectivity index (χ1) is 14.6. The van der Waals surface area contributed by atoms with Crippen LogP contribution in [0.1, 0.15) is 49.3 Å². The van der Waals surface area contributed by atoms with E-state index in [4.69, 9.17) is 4.42 Å². The fourth-order valence-corrected chi connectivity index (χ4v) is 4.60. The zero-order valence-corrected chi connectivity index (χ0v) is 22.1. The second kappa shape index (κ2) is 11.0. The molecule has 0 radical (unpaired) electrons. The Balaban J connectivity index is 0.00000363. The summed E-state index contributed by atoms with van der Waals surface area (Å²) in [7, 11) is -3.45. The topological polar surface area (TPSA) is 116 Å². The third kappa shape index (κ3) is 7.19. The van der Waals surface area contributed by atoms with E-state index in [9.17, 15) is 13.5 Å². The van der Waals surface area contributed by atoms with E-state index in [1.165, 1.54) is 0 Å². The standard InChI is InChI=1S/C22H32N4O4S.HI/c1-5-23-21(25-14-22(4,27)20-12-15(2)30-16(20)3)24-13-17-6-10-19(11-7-17)31(28,29)26-18-8-9-18;/h6-7,10-12,18,26-27H,5,8-9,13-14H2,1-4H3,(H2,23,24,25);1H. The van der Waals surface area contributed by atoms with Crippen LogP contribution in [0.25, 0.3) is 0 Å². The zero-order chi connectivity index (χ0) is 22.6. The molecule has 2 aromatic rings. The van der Waals surface area contributed by atoms with Gasteiger partial charge in [-0.05, 0) is 64.3 Å². The quantitative estimate of drug-likeness (QED) is 0.207. The van der Waals surface area contributed by atoms with Crippen molar-refractivity contribution in [3.63, 3.8) is 0 Å². The molecule has 0 spiro atoms. The van der Waals surface area contributed by atoms with Crippen LogP contribution in [0.15, 0.2) is 44.6 Å². The van der Waals surface area contributed by atoms with Gasteiger partial charge >= 0.3 is 0 Å². The monoisotopic (exact) mass is 576 g/mol. The molecular formula is C22H33IN4O4S. The van der Waals surface area contributed by atoms with Gasteiger partial charge in [-0.25, -0.2) is 18.1 Å². The van der Waals surface area contributed by atoms with Gasteiger partial charge in [0.2, 0.25) is 10.0 Å². The third-order valence-corrected chi connectivity index (χ3v) is 6.65. The lowest BCUT2D eigenvalue weighted by Gasteiger charge is -2.24. The number of hydrogen-bond acceptors (Lipinski definition) is 5. The van der Waals surface area contributed by atoms with Crippen LogP contribution in [0.5, 0.6) is 0 Å². The molecule has 1 aliphatic rings. The number of furan rings is 1. The van der Waals surface area contributed by atoms with Crippen molar-refractivity contribution in [1.82, 2.24) is 15.4 Å². The molecule has 0 amide bonds. The average molecular weight is 577 g/mol. The molecule has 1 atom stereocenters. The molecule has 8 nitrogen and oxygen atoms in total. The van der Waals surface area contributed by atoms with E-state index in [2.05, 4.69) is 20.3 Å². The van der Waals surface area contributed by atoms with Crippen LogP contribution in [0.4, 0.5) is 0 Å². The number of halogens is 1. The van der Waals surface area contributed by atoms with Crippen molar-refractivity contribution in [3.05, 3.63) is 53.0 Å². The summed E-state index contributed by atoms with van der Waals surface area (Å²) < 4.78 is 32.8. The van der Waals surface area contributed by atoms with Gasteiger partial charge in [0.05, 0.1) is 18.0 Å². The van der Waals surface area contributed by atoms with Crippen LogP contribution in [0.3, 0.4) is 0 Å². The maximum Gasteiger partial charge on any atom is 0.240 e. The number of aryl methyl sites for hydroxylation is 2. The van der Waals surface area contributed by atoms with E-state index in [1.54, 1.807) is 31.2 Å². The summed E-state index contributed by atoms with van der Waals surface area (Å²) in [5, 5.41) is 17.2. The lowest BCUT2D eigenvalue weighted by molar-refractivity contribution is 0.0601. The molecule has 1 saturated carbocycles. The average Bonchev–Trinajstić information content (AvgIpc) is 3.44. The highest BCUT2D eigenvalue weighted by atomic mass is 127. The first-order valence-corrected chi connectivity index (χ1v) is 12.0. The van der Waals surface area contributed by atoms with Gasteiger partial charge in [-0.3, -0.25) is 0 Å². The minimum atomic E-state index is -3.45. The Morgan fingerprint density at radius 3 is 2.41 bits per heavy atom. The molecule has 4 N–H and O–H groups in total. The molecule has 178 valence electrons. The van der Waals surface area contributed by atoms with Gasteiger partial charge in [0.1, 0.15) is 17.1 Å². The van der Waals surface area contributed by atoms with Crippen LogP contribution in [-0.4, -0.2) is 38.6 Å². The first kappa shape index (κ1) is 26.6. The highest BCUT2D eigenvalue weighted by Crippen LogP contribution is 2.26. The predicted octanol–water partition coefficient (Wildman–Crippen LogP) is 2.92. The predicted molar refractivity (Wildman–Crippen MR) is 136 cm³/mol. The summed E-state index contributed by atoms with van der Waals surface area (Å²) in [6.07, 6.45) is 1.80. The largest absolute Gasteiger partial charge is 0.466 e. The van der Waals surface area contributed by atoms with Crippen molar-refractivity contribution in [2.24, 2.45) is 4.99 Å². The molecule has 1 aromatic carbocycles. The molecule has 0 saturated heterocycles. The van der Waals surface area contributed by atoms with E-state index in [-0.39, 0.29) is 41.5 Å². The molecule has 1 unspecified atom stereocenters. The van der Waals surface area contributed by atoms with Gasteiger partial charge in [0.25, 0.3) is 0 Å². The van der Waals surface area contributed by atoms with Gasteiger partial charge in [0.15, 0.2) is 5.96 Å². The van der Waals surface area contributed by atoms with Crippen molar-refractivity contribution in [3.8, 4) is 0 Å². The molecule has 10 heteroatoms. The molecule has 1 fully saturated rings. The molecule has 1 aliphatic carbocycles. The number of guanidine groups is 1. The Hall–Kier alpha value is -1.63. The van der Waals surface area contributed by atoms with E-state index < -0.39 is 15.6 Å². The lowest BCUT2D eigenvalue weighted by Crippen LogP contribution is -2.44. The van der Waals surface area contributed by atoms with E-state index in [0.717, 1.165) is 29.7 Å². The third-order valence-electron chi connectivity index (χ3n) is 5.12. The lowest BCUT2D eigenvalue weighted by atomic mass is 9.96. The van der Waals surface area contributed by atoms with Crippen molar-refractivity contribution < 1.29 is 17.9 Å². The SMILES string of the molecule is CCNC(=NCc1ccc(S(=O)(=O)NC2CC2)cc1)NCC(C)(O)c1cc(C)oc1C.I. The Labute approximate surface area is 207 Å². The Morgan fingerprint density at radius 1 is 1.22 bits per heavy atom. The van der Waals surface area contributed by atoms with Gasteiger partial charge in [-0.2, -0.15) is 0 Å². The maximum atomic E-state index is 12.3. The number of nitrogens with zero attached hydrogens (tertiary/aromatic N) is 1. The number of benzene rings is 1. The Kier molecular flexibility index (Phi) is 9.15. The smallest absolute Gasteiger partial charge is 0.240 e. The highest BCUT2D eigenvalue weighted by Gasteiger charge is 2.28. The zero-order valence-electron chi connectivity index (χ0n) is 18.9. The molecule has 3 rings (SSSR count). The second-order valence-corrected chi connectivity index (χ2v) is 9.90. The molecule has 32 heavy (non-hydrogen) atoms. The summed E-state index contributed by atoms with van der Waals surface area (Å²) in [4.78, 5) is 4.82. The van der Waals surface area contributed by atoms with Crippen LogP contribution in [0.2, 0.25) is 0 Å². The number of nitrogens with one attached hydrogen (secondary N) is 3. The second-order valence-electron chi connectivity index (χ2n) is 8.19. The fourth-order valence-electron chi connectivity index (χ4n) is 3.29. The van der Waals surface area contributed by atoms with E-state index in [1.807, 2.05) is 26.8 Å². The summed E-state index contributed by atoms with van der Waals surface area (Å²) in [5.41, 5.74) is 0.503. The van der Waals surface area contributed by atoms with Crippen LogP contribution < -0.4 is 15.4 Å². The number of aliphatic hydroxyl groups is 1. The van der Waals surface area contributed by atoms with Gasteiger partial charge < -0.3 is 20.2 Å². The van der Waals surface area contributed by atoms with Crippen LogP contribution in [0, 0.1) is 13.8 Å². The molecule has 0 aliphatic heterocycles. The normalized spacial score (nSPS) is 16.2. The number of hydrogen-bond donors (Lipinski definition) is 4. The van der Waals surface area contributed by atoms with Crippen molar-refractivity contribution >= 4 is 40.0 Å². The number of aliphatic imine (C=N–C) groups is 1. The number of sulfonamides is 1. The highest BCUT2D eigenvalue weighted by molar-refractivity contribution is 14.0. The summed E-state index contributed by atoms with van der Waals surface area (Å²) >= 11 is 0. The van der Waals surface area contributed by atoms with Crippen molar-refractivity contribution in [2.75, 3.05) is 13.1 Å². The molecule has 1 heterocycles. The van der Waals surface area contributed by atoms with Crippen LogP contribution >= 0.6 is 24.0 Å². The summed E-state index contributed by atoms with van der Waals surface area (Å²) in [6.45, 7) is 8.67. The maximum absolute atomic E-state index is 12.3.